The molecule has 7 heteroatoms. The summed E-state index contributed by atoms with van der Waals surface area (Å²) in [6, 6.07) is 27.3. The van der Waals surface area contributed by atoms with Gasteiger partial charge in [-0.05, 0) is 47.0 Å². The monoisotopic (exact) mass is 463 g/mol. The molecule has 7 nitrogen and oxygen atoms in total. The van der Waals surface area contributed by atoms with Crippen molar-refractivity contribution in [2.75, 3.05) is 5.32 Å². The van der Waals surface area contributed by atoms with Crippen LogP contribution in [0, 0.1) is 28.4 Å². The second-order valence-corrected chi connectivity index (χ2v) is 7.87. The van der Waals surface area contributed by atoms with Crippen molar-refractivity contribution >= 4 is 34.1 Å². The quantitative estimate of drug-likeness (QED) is 0.152. The molecule has 1 amide bonds. The molecule has 0 aliphatic rings. The van der Waals surface area contributed by atoms with Crippen LogP contribution in [0.3, 0.4) is 0 Å². The van der Waals surface area contributed by atoms with Gasteiger partial charge in [0.25, 0.3) is 11.6 Å². The highest BCUT2D eigenvalue weighted by atomic mass is 16.6. The molecule has 0 aliphatic heterocycles. The number of benzene rings is 4. The van der Waals surface area contributed by atoms with Gasteiger partial charge in [0.1, 0.15) is 29.7 Å². The van der Waals surface area contributed by atoms with Gasteiger partial charge in [0.05, 0.1) is 4.92 Å². The molecule has 0 bridgehead atoms. The van der Waals surface area contributed by atoms with Crippen molar-refractivity contribution in [2.45, 2.75) is 13.5 Å². The molecule has 172 valence electrons. The minimum atomic E-state index is -0.749. The number of ether oxygens (including phenoxy) is 1. The normalized spacial score (nSPS) is 11.0. The van der Waals surface area contributed by atoms with Gasteiger partial charge >= 0.3 is 0 Å². The van der Waals surface area contributed by atoms with Gasteiger partial charge in [-0.2, -0.15) is 5.26 Å². The number of amides is 1. The van der Waals surface area contributed by atoms with E-state index in [-0.39, 0.29) is 16.9 Å². The van der Waals surface area contributed by atoms with Crippen LogP contribution in [0.25, 0.3) is 16.8 Å². The number of fused-ring (bicyclic) bond motifs is 1. The van der Waals surface area contributed by atoms with Crippen molar-refractivity contribution in [3.63, 3.8) is 0 Å². The highest BCUT2D eigenvalue weighted by Crippen LogP contribution is 2.32. The first kappa shape index (κ1) is 23.2. The van der Waals surface area contributed by atoms with E-state index < -0.39 is 10.8 Å². The molecule has 35 heavy (non-hydrogen) atoms. The molecule has 1 N–H and O–H groups in total. The van der Waals surface area contributed by atoms with E-state index in [2.05, 4.69) is 5.32 Å². The summed E-state index contributed by atoms with van der Waals surface area (Å²) >= 11 is 0. The largest absolute Gasteiger partial charge is 0.488 e. The first-order chi connectivity index (χ1) is 17.0. The molecule has 0 atom stereocenters. The topological polar surface area (TPSA) is 105 Å². The lowest BCUT2D eigenvalue weighted by Gasteiger charge is -2.13. The molecule has 0 saturated heterocycles. The Morgan fingerprint density at radius 2 is 1.80 bits per heavy atom. The summed E-state index contributed by atoms with van der Waals surface area (Å²) < 4.78 is 6.06. The number of hydrogen-bond donors (Lipinski definition) is 1. The summed E-state index contributed by atoms with van der Waals surface area (Å²) in [4.78, 5) is 23.8. The summed E-state index contributed by atoms with van der Waals surface area (Å²) in [5, 5.41) is 25.4. The highest BCUT2D eigenvalue weighted by molar-refractivity contribution is 6.12. The first-order valence-electron chi connectivity index (χ1n) is 10.8. The van der Waals surface area contributed by atoms with Crippen molar-refractivity contribution in [1.82, 2.24) is 0 Å². The maximum atomic E-state index is 13.0. The molecule has 0 aliphatic carbocycles. The second-order valence-electron chi connectivity index (χ2n) is 7.87. The number of hydrogen-bond acceptors (Lipinski definition) is 5. The Bertz CT molecular complexity index is 1490. The second kappa shape index (κ2) is 10.3. The van der Waals surface area contributed by atoms with Crippen LogP contribution in [0.1, 0.15) is 16.7 Å². The lowest BCUT2D eigenvalue weighted by molar-refractivity contribution is -0.384. The van der Waals surface area contributed by atoms with Gasteiger partial charge < -0.3 is 10.1 Å². The minimum Gasteiger partial charge on any atom is -0.488 e. The Morgan fingerprint density at radius 3 is 2.54 bits per heavy atom. The molecule has 4 aromatic carbocycles. The number of rotatable bonds is 7. The smallest absolute Gasteiger partial charge is 0.293 e. The van der Waals surface area contributed by atoms with Crippen LogP contribution in [-0.4, -0.2) is 10.8 Å². The number of nitrogens with zero attached hydrogens (tertiary/aromatic N) is 2. The van der Waals surface area contributed by atoms with E-state index in [1.54, 1.807) is 19.1 Å². The lowest BCUT2D eigenvalue weighted by Crippen LogP contribution is -2.14. The zero-order valence-corrected chi connectivity index (χ0v) is 18.9. The van der Waals surface area contributed by atoms with Gasteiger partial charge in [-0.25, -0.2) is 0 Å². The Morgan fingerprint density at radius 1 is 1.06 bits per heavy atom. The number of carbonyl (C=O) groups excluding carboxylic acids is 1. The fraction of sp³-hybridized carbons (Fsp3) is 0.0714. The number of nitro groups is 1. The maximum absolute atomic E-state index is 13.0. The van der Waals surface area contributed by atoms with Gasteiger partial charge in [0, 0.05) is 11.6 Å². The van der Waals surface area contributed by atoms with E-state index in [9.17, 15) is 20.2 Å². The summed E-state index contributed by atoms with van der Waals surface area (Å²) in [5.41, 5.74) is 1.80. The van der Waals surface area contributed by atoms with Gasteiger partial charge in [-0.3, -0.25) is 14.9 Å². The molecule has 4 rings (SSSR count). The SMILES string of the molecule is Cc1ccc(NC(=O)/C(C#N)=C/c2c(OCc3ccccc3)ccc3ccccc23)c([N+](=O)[O-])c1. The summed E-state index contributed by atoms with van der Waals surface area (Å²) in [6.45, 7) is 2.03. The number of carbonyl (C=O) groups is 1. The Labute approximate surface area is 202 Å². The molecule has 0 heterocycles. The van der Waals surface area contributed by atoms with Crippen LogP contribution >= 0.6 is 0 Å². The molecule has 0 saturated carbocycles. The molecular formula is C28H21N3O4. The number of nitrogens with one attached hydrogen (secondary N) is 1. The molecule has 0 aromatic heterocycles. The zero-order chi connectivity index (χ0) is 24.8. The average Bonchev–Trinajstić information content (AvgIpc) is 2.87. The van der Waals surface area contributed by atoms with Crippen LogP contribution in [0.2, 0.25) is 0 Å². The standard InChI is InChI=1S/C28H21N3O4/c1-19-11-13-25(26(15-19)31(33)34)30-28(32)22(17-29)16-24-23-10-6-5-9-21(23)12-14-27(24)35-18-20-7-3-2-4-8-20/h2-16H,18H2,1H3,(H,30,32)/b22-16+. The van der Waals surface area contributed by atoms with Gasteiger partial charge in [0.15, 0.2) is 0 Å². The third-order valence-corrected chi connectivity index (χ3v) is 5.42. The molecule has 0 spiro atoms. The molecule has 4 aromatic rings. The Hall–Kier alpha value is -4.96. The summed E-state index contributed by atoms with van der Waals surface area (Å²) in [6.07, 6.45) is 1.46. The van der Waals surface area contributed by atoms with Gasteiger partial charge in [-0.1, -0.05) is 66.7 Å². The molecule has 0 radical (unpaired) electrons. The van der Waals surface area contributed by atoms with Crippen molar-refractivity contribution in [2.24, 2.45) is 0 Å². The van der Waals surface area contributed by atoms with E-state index in [0.717, 1.165) is 16.3 Å². The van der Waals surface area contributed by atoms with Gasteiger partial charge in [-0.15, -0.1) is 0 Å². The fourth-order valence-electron chi connectivity index (χ4n) is 3.67. The van der Waals surface area contributed by atoms with E-state index in [4.69, 9.17) is 4.74 Å². The summed E-state index contributed by atoms with van der Waals surface area (Å²) in [5.74, 6) is -0.240. The van der Waals surface area contributed by atoms with Crippen LogP contribution < -0.4 is 10.1 Å². The van der Waals surface area contributed by atoms with E-state index in [0.29, 0.717) is 23.5 Å². The third kappa shape index (κ3) is 5.34. The van der Waals surface area contributed by atoms with Gasteiger partial charge in [0.2, 0.25) is 0 Å². The van der Waals surface area contributed by atoms with Crippen LogP contribution in [-0.2, 0) is 11.4 Å². The molecule has 0 unspecified atom stereocenters. The van der Waals surface area contributed by atoms with E-state index in [1.807, 2.05) is 66.7 Å². The number of nitro benzene ring substituents is 1. The van der Waals surface area contributed by atoms with Crippen LogP contribution in [0.15, 0.2) is 90.5 Å². The lowest BCUT2D eigenvalue weighted by atomic mass is 10.0. The van der Waals surface area contributed by atoms with Crippen LogP contribution in [0.4, 0.5) is 11.4 Å². The van der Waals surface area contributed by atoms with Crippen molar-refractivity contribution in [3.05, 3.63) is 117 Å². The van der Waals surface area contributed by atoms with Crippen molar-refractivity contribution in [3.8, 4) is 11.8 Å². The summed E-state index contributed by atoms with van der Waals surface area (Å²) in [7, 11) is 0. The number of anilines is 1. The van der Waals surface area contributed by atoms with E-state index >= 15 is 0 Å². The highest BCUT2D eigenvalue weighted by Gasteiger charge is 2.19. The average molecular weight is 463 g/mol. The molecular weight excluding hydrogens is 442 g/mol. The fourth-order valence-corrected chi connectivity index (χ4v) is 3.67. The van der Waals surface area contributed by atoms with Crippen LogP contribution in [0.5, 0.6) is 5.75 Å². The predicted octanol–water partition coefficient (Wildman–Crippen LogP) is 6.18. The minimum absolute atomic E-state index is 0.0187. The first-order valence-corrected chi connectivity index (χ1v) is 10.8. The maximum Gasteiger partial charge on any atom is 0.293 e. The predicted molar refractivity (Wildman–Crippen MR) is 135 cm³/mol. The molecule has 0 fully saturated rings. The number of aryl methyl sites for hydroxylation is 1. The third-order valence-electron chi connectivity index (χ3n) is 5.42. The Balaban J connectivity index is 1.72. The number of nitriles is 1. The zero-order valence-electron chi connectivity index (χ0n) is 18.9. The van der Waals surface area contributed by atoms with E-state index in [1.165, 1.54) is 18.2 Å². The van der Waals surface area contributed by atoms with Crippen molar-refractivity contribution < 1.29 is 14.5 Å². The Kier molecular flexibility index (Phi) is 6.84. The van der Waals surface area contributed by atoms with Crippen molar-refractivity contribution in [1.29, 1.82) is 5.26 Å².